The number of carbonyl (C=O) groups is 2. The number of benzene rings is 1. The molecular weight excluding hydrogens is 258 g/mol. The van der Waals surface area contributed by atoms with Crippen molar-refractivity contribution in [3.05, 3.63) is 29.8 Å². The van der Waals surface area contributed by atoms with E-state index in [0.29, 0.717) is 30.7 Å². The van der Waals surface area contributed by atoms with Gasteiger partial charge >= 0.3 is 5.97 Å². The Morgan fingerprint density at radius 2 is 2.05 bits per heavy atom. The zero-order chi connectivity index (χ0) is 14.7. The molecule has 1 aliphatic rings. The van der Waals surface area contributed by atoms with Gasteiger partial charge in [-0.3, -0.25) is 9.59 Å². The van der Waals surface area contributed by atoms with Gasteiger partial charge in [0.2, 0.25) is 0 Å². The van der Waals surface area contributed by atoms with Crippen LogP contribution in [0, 0.1) is 5.92 Å². The van der Waals surface area contributed by atoms with Gasteiger partial charge in [0.25, 0.3) is 5.91 Å². The van der Waals surface area contributed by atoms with Gasteiger partial charge in [0.05, 0.1) is 18.6 Å². The lowest BCUT2D eigenvalue weighted by Gasteiger charge is -2.37. The lowest BCUT2D eigenvalue weighted by atomic mass is 9.90. The Bertz CT molecular complexity index is 514. The van der Waals surface area contributed by atoms with Crippen molar-refractivity contribution in [2.75, 3.05) is 13.7 Å². The van der Waals surface area contributed by atoms with Crippen LogP contribution in [0.2, 0.25) is 0 Å². The lowest BCUT2D eigenvalue weighted by molar-refractivity contribution is -0.144. The topological polar surface area (TPSA) is 66.8 Å². The molecule has 1 heterocycles. The molecule has 1 aromatic carbocycles. The van der Waals surface area contributed by atoms with E-state index in [1.54, 1.807) is 36.1 Å². The Kier molecular flexibility index (Phi) is 4.27. The molecule has 0 spiro atoms. The molecule has 1 N–H and O–H groups in total. The van der Waals surface area contributed by atoms with Gasteiger partial charge in [-0.2, -0.15) is 0 Å². The first-order chi connectivity index (χ1) is 9.56. The first-order valence-corrected chi connectivity index (χ1v) is 6.73. The zero-order valence-electron chi connectivity index (χ0n) is 11.7. The third-order valence-corrected chi connectivity index (χ3v) is 3.90. The van der Waals surface area contributed by atoms with Gasteiger partial charge in [-0.15, -0.1) is 0 Å². The summed E-state index contributed by atoms with van der Waals surface area (Å²) >= 11 is 0. The highest BCUT2D eigenvalue weighted by Crippen LogP contribution is 2.27. The third-order valence-electron chi connectivity index (χ3n) is 3.90. The molecule has 0 bridgehead atoms. The minimum atomic E-state index is -0.838. The van der Waals surface area contributed by atoms with Gasteiger partial charge in [0.15, 0.2) is 0 Å². The van der Waals surface area contributed by atoms with Crippen LogP contribution in [0.25, 0.3) is 0 Å². The van der Waals surface area contributed by atoms with Crippen molar-refractivity contribution in [3.63, 3.8) is 0 Å². The van der Waals surface area contributed by atoms with Crippen molar-refractivity contribution in [1.82, 2.24) is 4.90 Å². The van der Waals surface area contributed by atoms with Gasteiger partial charge in [0, 0.05) is 12.6 Å². The van der Waals surface area contributed by atoms with Crippen LogP contribution in [0.4, 0.5) is 0 Å². The van der Waals surface area contributed by atoms with Crippen molar-refractivity contribution in [2.45, 2.75) is 25.8 Å². The van der Waals surface area contributed by atoms with Crippen molar-refractivity contribution >= 4 is 11.9 Å². The van der Waals surface area contributed by atoms with Crippen LogP contribution in [0.15, 0.2) is 24.3 Å². The number of amides is 1. The number of carboxylic acids is 1. The van der Waals surface area contributed by atoms with Crippen LogP contribution in [0.1, 0.15) is 30.1 Å². The van der Waals surface area contributed by atoms with Crippen molar-refractivity contribution in [1.29, 1.82) is 0 Å². The summed E-state index contributed by atoms with van der Waals surface area (Å²) in [4.78, 5) is 25.5. The van der Waals surface area contributed by atoms with E-state index in [9.17, 15) is 14.7 Å². The third kappa shape index (κ3) is 2.61. The van der Waals surface area contributed by atoms with E-state index >= 15 is 0 Å². The number of piperidine rings is 1. The van der Waals surface area contributed by atoms with Gasteiger partial charge in [-0.05, 0) is 31.9 Å². The number of carbonyl (C=O) groups excluding carboxylic acids is 1. The predicted octanol–water partition coefficient (Wildman–Crippen LogP) is 2.02. The molecule has 2 atom stereocenters. The van der Waals surface area contributed by atoms with Crippen LogP contribution < -0.4 is 4.74 Å². The summed E-state index contributed by atoms with van der Waals surface area (Å²) in [6.07, 6.45) is 1.33. The number of likely N-dealkylation sites (tertiary alicyclic amines) is 1. The fourth-order valence-corrected chi connectivity index (χ4v) is 2.74. The molecule has 0 aromatic heterocycles. The molecular formula is C15H19NO4. The first-order valence-electron chi connectivity index (χ1n) is 6.73. The number of hydrogen-bond donors (Lipinski definition) is 1. The summed E-state index contributed by atoms with van der Waals surface area (Å²) < 4.78 is 5.20. The van der Waals surface area contributed by atoms with Crippen LogP contribution in [0.5, 0.6) is 5.75 Å². The van der Waals surface area contributed by atoms with Gasteiger partial charge in [-0.25, -0.2) is 0 Å². The number of rotatable bonds is 3. The second-order valence-corrected chi connectivity index (χ2v) is 5.03. The zero-order valence-corrected chi connectivity index (χ0v) is 11.7. The number of aliphatic carboxylic acids is 1. The van der Waals surface area contributed by atoms with Crippen LogP contribution in [0.3, 0.4) is 0 Å². The molecule has 0 saturated carbocycles. The van der Waals surface area contributed by atoms with Crippen LogP contribution in [-0.4, -0.2) is 41.6 Å². The highest BCUT2D eigenvalue weighted by molar-refractivity contribution is 5.97. The number of para-hydroxylation sites is 1. The largest absolute Gasteiger partial charge is 0.496 e. The molecule has 0 aliphatic carbocycles. The molecule has 0 unspecified atom stereocenters. The predicted molar refractivity (Wildman–Crippen MR) is 73.9 cm³/mol. The van der Waals surface area contributed by atoms with Crippen molar-refractivity contribution in [2.24, 2.45) is 5.92 Å². The van der Waals surface area contributed by atoms with E-state index in [1.165, 1.54) is 7.11 Å². The fourth-order valence-electron chi connectivity index (χ4n) is 2.74. The van der Waals surface area contributed by atoms with E-state index in [2.05, 4.69) is 0 Å². The van der Waals surface area contributed by atoms with E-state index in [0.717, 1.165) is 0 Å². The van der Waals surface area contributed by atoms with Crippen LogP contribution in [-0.2, 0) is 4.79 Å². The van der Waals surface area contributed by atoms with E-state index in [4.69, 9.17) is 4.74 Å². The second kappa shape index (κ2) is 5.94. The number of ether oxygens (including phenoxy) is 1. The Labute approximate surface area is 118 Å². The summed E-state index contributed by atoms with van der Waals surface area (Å²) in [5.41, 5.74) is 0.480. The summed E-state index contributed by atoms with van der Waals surface area (Å²) in [5, 5.41) is 9.22. The average Bonchev–Trinajstić information content (AvgIpc) is 2.46. The Morgan fingerprint density at radius 1 is 1.35 bits per heavy atom. The minimum Gasteiger partial charge on any atom is -0.496 e. The minimum absolute atomic E-state index is 0.166. The highest BCUT2D eigenvalue weighted by atomic mass is 16.5. The number of methoxy groups -OCH3 is 1. The lowest BCUT2D eigenvalue weighted by Crippen LogP contribution is -2.49. The maximum atomic E-state index is 12.6. The average molecular weight is 277 g/mol. The first kappa shape index (κ1) is 14.4. The Morgan fingerprint density at radius 3 is 2.70 bits per heavy atom. The SMILES string of the molecule is COc1ccccc1C(=O)N1CCC[C@H](C(=O)O)[C@@H]1C. The summed E-state index contributed by atoms with van der Waals surface area (Å²) in [7, 11) is 1.52. The molecule has 0 radical (unpaired) electrons. The number of nitrogens with zero attached hydrogens (tertiary/aromatic N) is 1. The molecule has 5 heteroatoms. The molecule has 20 heavy (non-hydrogen) atoms. The van der Waals surface area contributed by atoms with E-state index < -0.39 is 11.9 Å². The van der Waals surface area contributed by atoms with Gasteiger partial charge in [-0.1, -0.05) is 12.1 Å². The number of carboxylic acid groups (broad SMARTS) is 1. The smallest absolute Gasteiger partial charge is 0.308 e. The van der Waals surface area contributed by atoms with E-state index in [-0.39, 0.29) is 11.9 Å². The summed E-state index contributed by atoms with van der Waals surface area (Å²) in [6, 6.07) is 6.71. The molecule has 1 saturated heterocycles. The monoisotopic (exact) mass is 277 g/mol. The van der Waals surface area contributed by atoms with Crippen molar-refractivity contribution < 1.29 is 19.4 Å². The molecule has 2 rings (SSSR count). The summed E-state index contributed by atoms with van der Waals surface area (Å²) in [6.45, 7) is 2.38. The molecule has 1 aliphatic heterocycles. The molecule has 1 fully saturated rings. The highest BCUT2D eigenvalue weighted by Gasteiger charge is 2.36. The normalized spacial score (nSPS) is 22.4. The van der Waals surface area contributed by atoms with E-state index in [1.807, 2.05) is 0 Å². The quantitative estimate of drug-likeness (QED) is 0.918. The van der Waals surface area contributed by atoms with Gasteiger partial charge in [0.1, 0.15) is 5.75 Å². The second-order valence-electron chi connectivity index (χ2n) is 5.03. The molecule has 108 valence electrons. The standard InChI is InChI=1S/C15H19NO4/c1-10-11(15(18)19)7-5-9-16(10)14(17)12-6-3-4-8-13(12)20-2/h3-4,6,8,10-11H,5,7,9H2,1-2H3,(H,18,19)/t10-,11-/m0/s1. The van der Waals surface area contributed by atoms with Crippen molar-refractivity contribution in [3.8, 4) is 5.75 Å². The van der Waals surface area contributed by atoms with Crippen LogP contribution >= 0.6 is 0 Å². The maximum Gasteiger partial charge on any atom is 0.308 e. The maximum absolute atomic E-state index is 12.6. The van der Waals surface area contributed by atoms with Gasteiger partial charge < -0.3 is 14.7 Å². The Balaban J connectivity index is 2.26. The summed E-state index contributed by atoms with van der Waals surface area (Å²) in [5.74, 6) is -0.986. The number of hydrogen-bond acceptors (Lipinski definition) is 3. The molecule has 1 aromatic rings. The fraction of sp³-hybridized carbons (Fsp3) is 0.467. The molecule has 1 amide bonds. The molecule has 5 nitrogen and oxygen atoms in total. The Hall–Kier alpha value is -2.04.